The molecule has 0 bridgehead atoms. The molecule has 0 fully saturated rings. The predicted molar refractivity (Wildman–Crippen MR) is 73.8 cm³/mol. The lowest BCUT2D eigenvalue weighted by Crippen LogP contribution is -2.23. The molecular weight excluding hydrogens is 257 g/mol. The van der Waals surface area contributed by atoms with E-state index in [1.807, 2.05) is 25.1 Å². The van der Waals surface area contributed by atoms with Crippen LogP contribution in [0.15, 0.2) is 47.0 Å². The van der Waals surface area contributed by atoms with Crippen molar-refractivity contribution in [2.75, 3.05) is 0 Å². The Morgan fingerprint density at radius 1 is 1.25 bits per heavy atom. The summed E-state index contributed by atoms with van der Waals surface area (Å²) in [5, 5.41) is 11.6. The van der Waals surface area contributed by atoms with Crippen LogP contribution >= 0.6 is 0 Å². The first-order valence-corrected chi connectivity index (χ1v) is 6.32. The van der Waals surface area contributed by atoms with Crippen molar-refractivity contribution in [3.05, 3.63) is 65.4 Å². The van der Waals surface area contributed by atoms with Crippen LogP contribution in [0.5, 0.6) is 0 Å². The standard InChI is InChI=1S/C16H14FNO2/c1-10-4-3-5-11-8-14(20-15(10)11)16(2,19)13-7-6-12(17)9-18-13/h3-9,19H,1-2H3. The molecule has 0 saturated heterocycles. The molecule has 0 aliphatic carbocycles. The van der Waals surface area contributed by atoms with Crippen LogP contribution in [-0.4, -0.2) is 10.1 Å². The molecule has 1 aromatic carbocycles. The van der Waals surface area contributed by atoms with Gasteiger partial charge in [-0.15, -0.1) is 0 Å². The molecule has 1 atom stereocenters. The normalized spacial score (nSPS) is 14.4. The summed E-state index contributed by atoms with van der Waals surface area (Å²) in [6.45, 7) is 3.53. The minimum absolute atomic E-state index is 0.343. The van der Waals surface area contributed by atoms with Gasteiger partial charge in [-0.25, -0.2) is 4.39 Å². The van der Waals surface area contributed by atoms with Gasteiger partial charge in [0.2, 0.25) is 0 Å². The summed E-state index contributed by atoms with van der Waals surface area (Å²) in [7, 11) is 0. The van der Waals surface area contributed by atoms with Crippen LogP contribution in [0.2, 0.25) is 0 Å². The van der Waals surface area contributed by atoms with Crippen LogP contribution in [0.4, 0.5) is 4.39 Å². The van der Waals surface area contributed by atoms with Gasteiger partial charge in [-0.2, -0.15) is 0 Å². The largest absolute Gasteiger partial charge is 0.457 e. The third-order valence-electron chi connectivity index (χ3n) is 3.45. The summed E-state index contributed by atoms with van der Waals surface area (Å²) in [5.41, 5.74) is 0.677. The lowest BCUT2D eigenvalue weighted by Gasteiger charge is -2.19. The van der Waals surface area contributed by atoms with E-state index in [1.165, 1.54) is 12.1 Å². The second kappa shape index (κ2) is 4.42. The maximum atomic E-state index is 12.9. The van der Waals surface area contributed by atoms with Crippen molar-refractivity contribution in [2.45, 2.75) is 19.4 Å². The molecule has 1 N–H and O–H groups in total. The highest BCUT2D eigenvalue weighted by Gasteiger charge is 2.31. The third kappa shape index (κ3) is 1.98. The molecule has 1 unspecified atom stereocenters. The molecule has 2 heterocycles. The van der Waals surface area contributed by atoms with Gasteiger partial charge in [-0.05, 0) is 37.6 Å². The second-order valence-electron chi connectivity index (χ2n) is 5.04. The van der Waals surface area contributed by atoms with Crippen LogP contribution in [-0.2, 0) is 5.60 Å². The number of nitrogens with zero attached hydrogens (tertiary/aromatic N) is 1. The molecule has 20 heavy (non-hydrogen) atoms. The second-order valence-corrected chi connectivity index (χ2v) is 5.04. The van der Waals surface area contributed by atoms with E-state index in [1.54, 1.807) is 13.0 Å². The van der Waals surface area contributed by atoms with Gasteiger partial charge in [0.15, 0.2) is 5.60 Å². The molecular formula is C16H14FNO2. The van der Waals surface area contributed by atoms with Gasteiger partial charge in [-0.3, -0.25) is 4.98 Å². The maximum absolute atomic E-state index is 12.9. The number of para-hydroxylation sites is 1. The monoisotopic (exact) mass is 271 g/mol. The molecule has 3 rings (SSSR count). The number of hydrogen-bond donors (Lipinski definition) is 1. The molecule has 0 spiro atoms. The first-order chi connectivity index (χ1) is 9.48. The summed E-state index contributed by atoms with van der Waals surface area (Å²) < 4.78 is 18.7. The lowest BCUT2D eigenvalue weighted by atomic mass is 9.98. The van der Waals surface area contributed by atoms with E-state index in [9.17, 15) is 9.50 Å². The van der Waals surface area contributed by atoms with Gasteiger partial charge in [0.05, 0.1) is 11.9 Å². The van der Waals surface area contributed by atoms with Crippen LogP contribution in [0.25, 0.3) is 11.0 Å². The molecule has 0 aliphatic rings. The first kappa shape index (κ1) is 12.8. The Bertz CT molecular complexity index is 760. The highest BCUT2D eigenvalue weighted by atomic mass is 19.1. The quantitative estimate of drug-likeness (QED) is 0.775. The van der Waals surface area contributed by atoms with E-state index < -0.39 is 11.4 Å². The zero-order chi connectivity index (χ0) is 14.3. The van der Waals surface area contributed by atoms with Gasteiger partial charge >= 0.3 is 0 Å². The Hall–Kier alpha value is -2.20. The minimum atomic E-state index is -1.40. The number of halogens is 1. The topological polar surface area (TPSA) is 46.3 Å². The zero-order valence-corrected chi connectivity index (χ0v) is 11.2. The molecule has 102 valence electrons. The summed E-state index contributed by atoms with van der Waals surface area (Å²) in [4.78, 5) is 3.93. The van der Waals surface area contributed by atoms with Crippen molar-refractivity contribution in [1.29, 1.82) is 0 Å². The number of pyridine rings is 1. The Kier molecular flexibility index (Phi) is 2.83. The van der Waals surface area contributed by atoms with Crippen molar-refractivity contribution < 1.29 is 13.9 Å². The number of benzene rings is 1. The van der Waals surface area contributed by atoms with Gasteiger partial charge in [-0.1, -0.05) is 18.2 Å². The van der Waals surface area contributed by atoms with E-state index in [0.717, 1.165) is 22.7 Å². The number of aliphatic hydroxyl groups is 1. The average molecular weight is 271 g/mol. The van der Waals surface area contributed by atoms with Gasteiger partial charge in [0.1, 0.15) is 17.2 Å². The van der Waals surface area contributed by atoms with E-state index in [-0.39, 0.29) is 0 Å². The Balaban J connectivity index is 2.13. The number of aromatic nitrogens is 1. The SMILES string of the molecule is Cc1cccc2cc(C(C)(O)c3ccc(F)cn3)oc12. The van der Waals surface area contributed by atoms with E-state index >= 15 is 0 Å². The van der Waals surface area contributed by atoms with E-state index in [0.29, 0.717) is 11.5 Å². The first-order valence-electron chi connectivity index (χ1n) is 6.32. The van der Waals surface area contributed by atoms with Crippen molar-refractivity contribution in [2.24, 2.45) is 0 Å². The van der Waals surface area contributed by atoms with Crippen molar-refractivity contribution in [3.8, 4) is 0 Å². The Morgan fingerprint density at radius 3 is 2.70 bits per heavy atom. The van der Waals surface area contributed by atoms with E-state index in [2.05, 4.69) is 4.98 Å². The number of aryl methyl sites for hydroxylation is 1. The molecule has 2 aromatic heterocycles. The molecule has 4 heteroatoms. The van der Waals surface area contributed by atoms with Crippen molar-refractivity contribution >= 4 is 11.0 Å². The summed E-state index contributed by atoms with van der Waals surface area (Å²) in [6, 6.07) is 10.3. The van der Waals surface area contributed by atoms with E-state index in [4.69, 9.17) is 4.42 Å². The predicted octanol–water partition coefficient (Wildman–Crippen LogP) is 3.53. The van der Waals surface area contributed by atoms with Crippen molar-refractivity contribution in [1.82, 2.24) is 4.98 Å². The van der Waals surface area contributed by atoms with Crippen LogP contribution in [0.3, 0.4) is 0 Å². The molecule has 3 nitrogen and oxygen atoms in total. The summed E-state index contributed by atoms with van der Waals surface area (Å²) >= 11 is 0. The molecule has 0 radical (unpaired) electrons. The van der Waals surface area contributed by atoms with Crippen LogP contribution in [0, 0.1) is 12.7 Å². The number of rotatable bonds is 2. The lowest BCUT2D eigenvalue weighted by molar-refractivity contribution is 0.0740. The van der Waals surface area contributed by atoms with Crippen LogP contribution < -0.4 is 0 Å². The smallest absolute Gasteiger partial charge is 0.161 e. The fraction of sp³-hybridized carbons (Fsp3) is 0.188. The maximum Gasteiger partial charge on any atom is 0.161 e. The number of fused-ring (bicyclic) bond motifs is 1. The van der Waals surface area contributed by atoms with Gasteiger partial charge < -0.3 is 9.52 Å². The highest BCUT2D eigenvalue weighted by Crippen LogP contribution is 2.33. The fourth-order valence-corrected chi connectivity index (χ4v) is 2.24. The average Bonchev–Trinajstić information content (AvgIpc) is 2.85. The highest BCUT2D eigenvalue weighted by molar-refractivity contribution is 5.81. The minimum Gasteiger partial charge on any atom is -0.457 e. The van der Waals surface area contributed by atoms with Crippen LogP contribution in [0.1, 0.15) is 23.9 Å². The molecule has 0 aliphatic heterocycles. The van der Waals surface area contributed by atoms with Crippen molar-refractivity contribution in [3.63, 3.8) is 0 Å². The molecule has 0 amide bonds. The summed E-state index contributed by atoms with van der Waals surface area (Å²) in [5.74, 6) is -0.0501. The van der Waals surface area contributed by atoms with Gasteiger partial charge in [0.25, 0.3) is 0 Å². The molecule has 0 saturated carbocycles. The van der Waals surface area contributed by atoms with Gasteiger partial charge in [0, 0.05) is 5.39 Å². The summed E-state index contributed by atoms with van der Waals surface area (Å²) in [6.07, 6.45) is 1.08. The Morgan fingerprint density at radius 2 is 2.05 bits per heavy atom. The zero-order valence-electron chi connectivity index (χ0n) is 11.2. The Labute approximate surface area is 115 Å². The third-order valence-corrected chi connectivity index (χ3v) is 3.45. The fourth-order valence-electron chi connectivity index (χ4n) is 2.24. The number of furan rings is 1. The number of hydrogen-bond acceptors (Lipinski definition) is 3. The molecule has 3 aromatic rings.